The van der Waals surface area contributed by atoms with E-state index in [1.807, 2.05) is 0 Å². The van der Waals surface area contributed by atoms with Crippen molar-refractivity contribution in [2.45, 2.75) is 36.9 Å². The van der Waals surface area contributed by atoms with Crippen LogP contribution in [0.2, 0.25) is 0 Å². The fourth-order valence-corrected chi connectivity index (χ4v) is 10.2. The van der Waals surface area contributed by atoms with Crippen molar-refractivity contribution in [3.8, 4) is 0 Å². The molecule has 0 spiro atoms. The molecular weight excluding hydrogens is 526 g/mol. The highest BCUT2D eigenvalue weighted by Crippen LogP contribution is 2.69. The van der Waals surface area contributed by atoms with Crippen LogP contribution in [0.5, 0.6) is 0 Å². The first kappa shape index (κ1) is 26.6. The Kier molecular flexibility index (Phi) is 7.18. The molecule has 0 amide bonds. The van der Waals surface area contributed by atoms with E-state index in [-0.39, 0.29) is 0 Å². The van der Waals surface area contributed by atoms with Gasteiger partial charge in [-0.15, -0.1) is 0 Å². The molecule has 7 rings (SSSR count). The van der Waals surface area contributed by atoms with Gasteiger partial charge >= 0.3 is 0 Å². The molecule has 0 aliphatic heterocycles. The molecule has 0 saturated heterocycles. The molecule has 3 saturated carbocycles. The second-order valence-corrected chi connectivity index (χ2v) is 12.6. The van der Waals surface area contributed by atoms with E-state index in [1.54, 1.807) is 0 Å². The summed E-state index contributed by atoms with van der Waals surface area (Å²) >= 11 is 0. The fourth-order valence-electron chi connectivity index (χ4n) is 9.30. The normalized spacial score (nSPS) is 27.6. The zero-order chi connectivity index (χ0) is 27.2. The van der Waals surface area contributed by atoms with Crippen molar-refractivity contribution in [2.24, 2.45) is 35.5 Å². The summed E-state index contributed by atoms with van der Waals surface area (Å²) in [4.78, 5) is 0. The molecule has 2 bridgehead atoms. The van der Waals surface area contributed by atoms with Crippen LogP contribution >= 0.6 is 18.9 Å². The van der Waals surface area contributed by atoms with Crippen LogP contribution in [-0.4, -0.2) is 0 Å². The third kappa shape index (κ3) is 3.99. The highest BCUT2D eigenvalue weighted by Gasteiger charge is 2.63. The second-order valence-electron chi connectivity index (χ2n) is 12.2. The molecule has 3 aliphatic carbocycles. The number of hydrogen-bond donors (Lipinski definition) is 0. The minimum Gasteiger partial charge on any atom is -0.350 e. The molecule has 3 aliphatic rings. The van der Waals surface area contributed by atoms with Crippen molar-refractivity contribution in [1.82, 2.24) is 0 Å². The van der Waals surface area contributed by atoms with Crippen LogP contribution in [0.3, 0.4) is 0 Å². The Hall–Kier alpha value is -2.34. The van der Waals surface area contributed by atoms with Crippen molar-refractivity contribution >= 4 is 18.9 Å². The summed E-state index contributed by atoms with van der Waals surface area (Å²) < 4.78 is 13.2. The summed E-state index contributed by atoms with van der Waals surface area (Å²) in [5, 5.41) is 0. The van der Waals surface area contributed by atoms with Crippen LogP contribution in [0.4, 0.5) is 0 Å². The fraction of sp³-hybridized carbons (Fsp3) is 0.333. The van der Waals surface area contributed by atoms with Crippen LogP contribution in [0.1, 0.15) is 47.9 Å². The molecule has 0 N–H and O–H groups in total. The summed E-state index contributed by atoms with van der Waals surface area (Å²) in [7, 11) is 5.33. The number of fused-ring (bicyclic) bond motifs is 5. The third-order valence-electron chi connectivity index (χ3n) is 10.7. The van der Waals surface area contributed by atoms with Gasteiger partial charge in [-0.25, -0.2) is 0 Å². The van der Waals surface area contributed by atoms with Gasteiger partial charge in [-0.3, -0.25) is 0 Å². The van der Waals surface area contributed by atoms with Gasteiger partial charge in [-0.1, -0.05) is 121 Å². The van der Waals surface area contributed by atoms with E-state index >= 15 is 0 Å². The maximum atomic E-state index is 6.64. The van der Waals surface area contributed by atoms with Crippen molar-refractivity contribution in [3.05, 3.63) is 144 Å². The third-order valence-corrected chi connectivity index (χ3v) is 11.5. The average Bonchev–Trinajstić information content (AvgIpc) is 3.75. The van der Waals surface area contributed by atoms with Gasteiger partial charge in [0.15, 0.2) is 0 Å². The van der Waals surface area contributed by atoms with Gasteiger partial charge in [-0.05, 0) is 77.5 Å². The van der Waals surface area contributed by atoms with Crippen molar-refractivity contribution in [2.75, 3.05) is 0 Å². The van der Waals surface area contributed by atoms with Crippen LogP contribution in [0.15, 0.2) is 121 Å². The molecule has 0 aromatic heterocycles. The van der Waals surface area contributed by atoms with Crippen molar-refractivity contribution in [3.63, 3.8) is 0 Å². The monoisotopic (exact) mass is 564 g/mol. The molecule has 3 fully saturated rings. The molecule has 4 heteroatoms. The molecule has 0 radical (unpaired) electrons. The predicted molar refractivity (Wildman–Crippen MR) is 168 cm³/mol. The zero-order valence-corrected chi connectivity index (χ0v) is 25.1. The summed E-state index contributed by atoms with van der Waals surface area (Å²) in [5.74, 6) is 3.60. The molecule has 204 valence electrons. The summed E-state index contributed by atoms with van der Waals surface area (Å²) in [5.41, 5.74) is 4.08. The van der Waals surface area contributed by atoms with Crippen molar-refractivity contribution in [1.29, 1.82) is 0 Å². The second kappa shape index (κ2) is 10.8. The average molecular weight is 565 g/mol. The van der Waals surface area contributed by atoms with Gasteiger partial charge < -0.3 is 9.05 Å². The van der Waals surface area contributed by atoms with Crippen LogP contribution in [-0.2, 0) is 20.2 Å². The quantitative estimate of drug-likeness (QED) is 0.199. The van der Waals surface area contributed by atoms with Crippen molar-refractivity contribution < 1.29 is 9.05 Å². The lowest BCUT2D eigenvalue weighted by Gasteiger charge is -2.45. The first-order valence-electron chi connectivity index (χ1n) is 14.7. The lowest BCUT2D eigenvalue weighted by Crippen LogP contribution is -2.43. The topological polar surface area (TPSA) is 18.5 Å². The standard InChI is InChI=1S/C36H38O2P2/c39-37-35(26-13-5-1-6-14-26,27-15-7-2-8-16-27)30-23-31-25-21-33(32(31)24-30)34(22-25)36(38-40,28-17-9-3-10-18-28)29-19-11-4-12-20-29/h1-20,25,30-34H,21-24,39-40H2/t25-,30-,31-,32-,33+,34-/m0/s1. The van der Waals surface area contributed by atoms with Crippen LogP contribution in [0, 0.1) is 35.5 Å². The lowest BCUT2D eigenvalue weighted by atomic mass is 9.64. The minimum absolute atomic E-state index is 0.411. The summed E-state index contributed by atoms with van der Waals surface area (Å²) in [6.45, 7) is 0. The van der Waals surface area contributed by atoms with Gasteiger partial charge in [0.25, 0.3) is 0 Å². The minimum atomic E-state index is -0.473. The number of rotatable bonds is 8. The predicted octanol–water partition coefficient (Wildman–Crippen LogP) is 8.79. The molecule has 8 atom stereocenters. The van der Waals surface area contributed by atoms with Gasteiger partial charge in [-0.2, -0.15) is 0 Å². The van der Waals surface area contributed by atoms with Crippen LogP contribution in [0.25, 0.3) is 0 Å². The highest BCUT2D eigenvalue weighted by atomic mass is 31.0. The Balaban J connectivity index is 1.28. The van der Waals surface area contributed by atoms with Gasteiger partial charge in [0.2, 0.25) is 0 Å². The molecular formula is C36H38O2P2. The molecule has 4 aromatic rings. The maximum Gasteiger partial charge on any atom is 0.125 e. The Bertz CT molecular complexity index is 1330. The van der Waals surface area contributed by atoms with Gasteiger partial charge in [0.1, 0.15) is 11.2 Å². The zero-order valence-electron chi connectivity index (χ0n) is 22.8. The smallest absolute Gasteiger partial charge is 0.125 e. The molecule has 2 nitrogen and oxygen atoms in total. The summed E-state index contributed by atoms with van der Waals surface area (Å²) in [6.07, 6.45) is 4.91. The van der Waals surface area contributed by atoms with Gasteiger partial charge in [0, 0.05) is 24.9 Å². The van der Waals surface area contributed by atoms with E-state index in [0.717, 1.165) is 11.8 Å². The summed E-state index contributed by atoms with van der Waals surface area (Å²) in [6, 6.07) is 43.7. The largest absolute Gasteiger partial charge is 0.350 e. The van der Waals surface area contributed by atoms with E-state index < -0.39 is 11.2 Å². The number of hydrogen-bond acceptors (Lipinski definition) is 2. The Morgan fingerprint density at radius 1 is 0.450 bits per heavy atom. The lowest BCUT2D eigenvalue weighted by molar-refractivity contribution is 0.00612. The Morgan fingerprint density at radius 2 is 0.850 bits per heavy atom. The van der Waals surface area contributed by atoms with Gasteiger partial charge in [0.05, 0.1) is 0 Å². The van der Waals surface area contributed by atoms with E-state index in [9.17, 15) is 0 Å². The van der Waals surface area contributed by atoms with E-state index in [0.29, 0.717) is 23.7 Å². The molecule has 4 aromatic carbocycles. The Labute approximate surface area is 243 Å². The number of benzene rings is 4. The molecule has 40 heavy (non-hydrogen) atoms. The highest BCUT2D eigenvalue weighted by molar-refractivity contribution is 7.10. The van der Waals surface area contributed by atoms with E-state index in [4.69, 9.17) is 9.05 Å². The molecule has 2 unspecified atom stereocenters. The SMILES string of the molecule is POC(c1ccccc1)(c1ccccc1)[C@@H]1C[C@@H]2[C@H]3C[C@@H](C[C@@H]3C(OP)(c3ccccc3)c3ccccc3)[C@@H]2C1. The molecule has 0 heterocycles. The van der Waals surface area contributed by atoms with Crippen LogP contribution < -0.4 is 0 Å². The van der Waals surface area contributed by atoms with E-state index in [1.165, 1.54) is 47.9 Å². The first-order valence-corrected chi connectivity index (χ1v) is 15.6. The van der Waals surface area contributed by atoms with E-state index in [2.05, 4.69) is 140 Å². The Morgan fingerprint density at radius 3 is 1.27 bits per heavy atom. The maximum absolute atomic E-state index is 6.64. The first-order chi connectivity index (χ1) is 19.7.